The maximum Gasteiger partial charge on any atom is 0.257 e. The lowest BCUT2D eigenvalue weighted by atomic mass is 10.1. The summed E-state index contributed by atoms with van der Waals surface area (Å²) in [6.07, 6.45) is 2.72. The number of carbonyl (C=O) groups excluding carboxylic acids is 1. The molecule has 32 heavy (non-hydrogen) atoms. The molecule has 9 heteroatoms. The molecular weight excluding hydrogens is 428 g/mol. The van der Waals surface area contributed by atoms with Crippen LogP contribution in [0.2, 0.25) is 5.02 Å². The van der Waals surface area contributed by atoms with E-state index in [1.165, 1.54) is 0 Å². The summed E-state index contributed by atoms with van der Waals surface area (Å²) >= 11 is 6.51. The number of likely N-dealkylation sites (N-methyl/N-ethyl adjacent to an activating group) is 1. The molecule has 1 saturated heterocycles. The van der Waals surface area contributed by atoms with Crippen LogP contribution in [0.4, 0.5) is 5.69 Å². The third-order valence-electron chi connectivity index (χ3n) is 5.85. The number of carbonyl (C=O) groups is 1. The first-order valence-corrected chi connectivity index (χ1v) is 11.2. The normalized spacial score (nSPS) is 16.6. The van der Waals surface area contributed by atoms with Crippen LogP contribution in [-0.2, 0) is 4.79 Å². The fraction of sp³-hybridized carbons (Fsp3) is 0.435. The molecule has 1 unspecified atom stereocenters. The molecule has 0 saturated carbocycles. The molecule has 0 radical (unpaired) electrons. The van der Waals surface area contributed by atoms with E-state index in [0.717, 1.165) is 41.8 Å². The van der Waals surface area contributed by atoms with Gasteiger partial charge in [-0.15, -0.1) is 0 Å². The van der Waals surface area contributed by atoms with Crippen molar-refractivity contribution in [3.8, 4) is 17.1 Å². The van der Waals surface area contributed by atoms with Crippen molar-refractivity contribution in [2.45, 2.75) is 39.3 Å². The Bertz CT molecular complexity index is 1130. The predicted molar refractivity (Wildman–Crippen MR) is 127 cm³/mol. The number of aromatic nitrogens is 3. The number of anilines is 1. The second-order valence-corrected chi connectivity index (χ2v) is 8.83. The molecule has 3 aromatic rings. The highest BCUT2D eigenvalue weighted by Gasteiger charge is 2.26. The first-order valence-electron chi connectivity index (χ1n) is 10.8. The number of fused-ring (bicyclic) bond motifs is 1. The lowest BCUT2D eigenvalue weighted by molar-refractivity contribution is -0.122. The minimum Gasteiger partial charge on any atom is -0.484 e. The molecule has 1 aliphatic heterocycles. The SMILES string of the molecule is CNC(=O)COc1ccc(-c2nc3c(NC4CCN(C(C)C)C4)c(Cl)cnc3[nH]2)cc1C. The molecule has 0 aliphatic carbocycles. The van der Waals surface area contributed by atoms with Gasteiger partial charge in [0.2, 0.25) is 0 Å². The quantitative estimate of drug-likeness (QED) is 0.502. The van der Waals surface area contributed by atoms with Gasteiger partial charge in [-0.05, 0) is 51.0 Å². The Morgan fingerprint density at radius 3 is 2.91 bits per heavy atom. The molecular formula is C23H29ClN6O2. The van der Waals surface area contributed by atoms with Gasteiger partial charge in [0.1, 0.15) is 17.1 Å². The molecule has 8 nitrogen and oxygen atoms in total. The van der Waals surface area contributed by atoms with Crippen LogP contribution in [0.25, 0.3) is 22.6 Å². The van der Waals surface area contributed by atoms with Crippen molar-refractivity contribution >= 4 is 34.4 Å². The Balaban J connectivity index is 1.58. The van der Waals surface area contributed by atoms with E-state index < -0.39 is 0 Å². The van der Waals surface area contributed by atoms with Crippen LogP contribution >= 0.6 is 11.6 Å². The van der Waals surface area contributed by atoms with Gasteiger partial charge in [-0.25, -0.2) is 9.97 Å². The number of ether oxygens (including phenoxy) is 1. The zero-order valence-corrected chi connectivity index (χ0v) is 19.6. The van der Waals surface area contributed by atoms with E-state index in [0.29, 0.717) is 34.3 Å². The van der Waals surface area contributed by atoms with E-state index in [4.69, 9.17) is 21.3 Å². The van der Waals surface area contributed by atoms with E-state index in [2.05, 4.69) is 39.3 Å². The number of nitrogens with one attached hydrogen (secondary N) is 3. The van der Waals surface area contributed by atoms with Crippen LogP contribution in [0.5, 0.6) is 5.75 Å². The first kappa shape index (κ1) is 22.4. The number of aromatic amines is 1. The van der Waals surface area contributed by atoms with Gasteiger partial charge >= 0.3 is 0 Å². The van der Waals surface area contributed by atoms with Gasteiger partial charge in [0.05, 0.1) is 16.9 Å². The first-order chi connectivity index (χ1) is 15.4. The molecule has 170 valence electrons. The Morgan fingerprint density at radius 1 is 1.41 bits per heavy atom. The van der Waals surface area contributed by atoms with E-state index >= 15 is 0 Å². The molecule has 1 fully saturated rings. The van der Waals surface area contributed by atoms with E-state index in [1.807, 2.05) is 25.1 Å². The third-order valence-corrected chi connectivity index (χ3v) is 6.14. The molecule has 1 aromatic carbocycles. The van der Waals surface area contributed by atoms with E-state index in [1.54, 1.807) is 13.2 Å². The number of hydrogen-bond acceptors (Lipinski definition) is 6. The van der Waals surface area contributed by atoms with Gasteiger partial charge in [-0.2, -0.15) is 0 Å². The van der Waals surface area contributed by atoms with Crippen molar-refractivity contribution in [1.82, 2.24) is 25.2 Å². The van der Waals surface area contributed by atoms with Crippen LogP contribution in [0.15, 0.2) is 24.4 Å². The standard InChI is InChI=1S/C23H29ClN6O2/c1-13(2)30-8-7-16(11-30)27-20-17(24)10-26-23-21(20)28-22(29-23)15-5-6-18(14(3)9-15)32-12-19(31)25-4/h5-6,9-10,13,16H,7-8,11-12H2,1-4H3,(H,25,31)(H2,26,27,28,29). The van der Waals surface area contributed by atoms with Crippen molar-refractivity contribution < 1.29 is 9.53 Å². The number of hydrogen-bond donors (Lipinski definition) is 3. The summed E-state index contributed by atoms with van der Waals surface area (Å²) in [5.41, 5.74) is 4.05. The van der Waals surface area contributed by atoms with Gasteiger partial charge in [-0.1, -0.05) is 11.6 Å². The van der Waals surface area contributed by atoms with Gasteiger partial charge in [-0.3, -0.25) is 9.69 Å². The molecule has 0 spiro atoms. The van der Waals surface area contributed by atoms with E-state index in [-0.39, 0.29) is 12.5 Å². The van der Waals surface area contributed by atoms with Gasteiger partial charge in [0, 0.05) is 37.8 Å². The number of aryl methyl sites for hydroxylation is 1. The Hall–Kier alpha value is -2.84. The lowest BCUT2D eigenvalue weighted by Gasteiger charge is -2.21. The average molecular weight is 457 g/mol. The monoisotopic (exact) mass is 456 g/mol. The van der Waals surface area contributed by atoms with Crippen molar-refractivity contribution in [3.05, 3.63) is 35.0 Å². The summed E-state index contributed by atoms with van der Waals surface area (Å²) in [6, 6.07) is 6.58. The number of rotatable bonds is 7. The van der Waals surface area contributed by atoms with Gasteiger partial charge in [0.15, 0.2) is 12.3 Å². The molecule has 1 atom stereocenters. The summed E-state index contributed by atoms with van der Waals surface area (Å²) < 4.78 is 5.59. The number of benzene rings is 1. The van der Waals surface area contributed by atoms with Crippen LogP contribution in [0.3, 0.4) is 0 Å². The Kier molecular flexibility index (Phi) is 6.53. The Morgan fingerprint density at radius 2 is 2.22 bits per heavy atom. The van der Waals surface area contributed by atoms with Gasteiger partial charge < -0.3 is 20.4 Å². The lowest BCUT2D eigenvalue weighted by Crippen LogP contribution is -2.31. The zero-order chi connectivity index (χ0) is 22.8. The maximum absolute atomic E-state index is 11.4. The number of H-pyrrole nitrogens is 1. The van der Waals surface area contributed by atoms with Gasteiger partial charge in [0.25, 0.3) is 5.91 Å². The number of imidazole rings is 1. The third kappa shape index (κ3) is 4.66. The number of amides is 1. The van der Waals surface area contributed by atoms with Crippen molar-refractivity contribution in [2.24, 2.45) is 0 Å². The molecule has 0 bridgehead atoms. The molecule has 3 N–H and O–H groups in total. The van der Waals surface area contributed by atoms with Crippen LogP contribution < -0.4 is 15.4 Å². The number of likely N-dealkylation sites (tertiary alicyclic amines) is 1. The second-order valence-electron chi connectivity index (χ2n) is 8.42. The molecule has 3 heterocycles. The predicted octanol–water partition coefficient (Wildman–Crippen LogP) is 3.61. The summed E-state index contributed by atoms with van der Waals surface area (Å²) in [7, 11) is 1.58. The highest BCUT2D eigenvalue weighted by molar-refractivity contribution is 6.34. The molecule has 1 aliphatic rings. The van der Waals surface area contributed by atoms with Crippen LogP contribution in [0.1, 0.15) is 25.8 Å². The maximum atomic E-state index is 11.4. The molecule has 4 rings (SSSR count). The summed E-state index contributed by atoms with van der Waals surface area (Å²) in [5.74, 6) is 1.19. The number of halogens is 1. The van der Waals surface area contributed by atoms with E-state index in [9.17, 15) is 4.79 Å². The smallest absolute Gasteiger partial charge is 0.257 e. The molecule has 2 aromatic heterocycles. The average Bonchev–Trinajstić information content (AvgIpc) is 3.42. The molecule has 1 amide bonds. The van der Waals surface area contributed by atoms with Crippen molar-refractivity contribution in [3.63, 3.8) is 0 Å². The highest BCUT2D eigenvalue weighted by Crippen LogP contribution is 2.33. The minimum atomic E-state index is -0.174. The Labute approximate surface area is 192 Å². The van der Waals surface area contributed by atoms with Crippen LogP contribution in [-0.4, -0.2) is 64.6 Å². The topological polar surface area (TPSA) is 95.2 Å². The zero-order valence-electron chi connectivity index (χ0n) is 18.8. The fourth-order valence-corrected chi connectivity index (χ4v) is 4.15. The minimum absolute atomic E-state index is 0.0197. The number of nitrogens with zero attached hydrogens (tertiary/aromatic N) is 3. The summed E-state index contributed by atoms with van der Waals surface area (Å²) in [6.45, 7) is 8.41. The summed E-state index contributed by atoms with van der Waals surface area (Å²) in [5, 5.41) is 6.71. The van der Waals surface area contributed by atoms with Crippen LogP contribution in [0, 0.1) is 6.92 Å². The highest BCUT2D eigenvalue weighted by atomic mass is 35.5. The largest absolute Gasteiger partial charge is 0.484 e. The van der Waals surface area contributed by atoms with Crippen molar-refractivity contribution in [2.75, 3.05) is 32.1 Å². The van der Waals surface area contributed by atoms with Crippen molar-refractivity contribution in [1.29, 1.82) is 0 Å². The summed E-state index contributed by atoms with van der Waals surface area (Å²) in [4.78, 5) is 26.4. The fourth-order valence-electron chi connectivity index (χ4n) is 3.96. The number of pyridine rings is 1. The second kappa shape index (κ2) is 9.34.